The second-order valence-corrected chi connectivity index (χ2v) is 5.59. The van der Waals surface area contributed by atoms with Gasteiger partial charge in [0.05, 0.1) is 12.7 Å². The largest absolute Gasteiger partial charge is 0.504 e. The van der Waals surface area contributed by atoms with Crippen LogP contribution in [0.4, 0.5) is 0 Å². The molecule has 0 radical (unpaired) electrons. The summed E-state index contributed by atoms with van der Waals surface area (Å²) in [5, 5.41) is 9.77. The molecule has 0 aromatic heterocycles. The molecule has 0 bridgehead atoms. The number of ether oxygens (including phenoxy) is 2. The lowest BCUT2D eigenvalue weighted by Crippen LogP contribution is -2.09. The van der Waals surface area contributed by atoms with E-state index in [1.54, 1.807) is 18.2 Å². The number of esters is 1. The number of carbonyl (C=O) groups is 1. The zero-order valence-electron chi connectivity index (χ0n) is 11.4. The summed E-state index contributed by atoms with van der Waals surface area (Å²) in [6.07, 6.45) is 0. The molecule has 0 atom stereocenters. The molecule has 0 aliphatic rings. The standard InChI is InChI=1S/C14H12O7S/c1-20-12-7-10(15)11(8-13(12)22(17,18)19)21-14(16)9-5-3-2-4-6-9/h2-8,15H,1H3,(H,17,18,19). The van der Waals surface area contributed by atoms with Crippen molar-refractivity contribution in [1.29, 1.82) is 0 Å². The van der Waals surface area contributed by atoms with Crippen LogP contribution < -0.4 is 9.47 Å². The maximum atomic E-state index is 11.9. The zero-order valence-corrected chi connectivity index (χ0v) is 12.2. The fraction of sp³-hybridized carbons (Fsp3) is 0.0714. The van der Waals surface area contributed by atoms with Crippen molar-refractivity contribution in [1.82, 2.24) is 0 Å². The summed E-state index contributed by atoms with van der Waals surface area (Å²) in [6.45, 7) is 0. The Kier molecular flexibility index (Phi) is 4.34. The van der Waals surface area contributed by atoms with Crippen LogP contribution in [0.1, 0.15) is 10.4 Å². The highest BCUT2D eigenvalue weighted by molar-refractivity contribution is 7.86. The number of hydrogen-bond acceptors (Lipinski definition) is 6. The Morgan fingerprint density at radius 2 is 1.73 bits per heavy atom. The molecule has 0 heterocycles. The molecule has 0 aliphatic heterocycles. The van der Waals surface area contributed by atoms with E-state index < -0.39 is 32.5 Å². The molecule has 8 heteroatoms. The van der Waals surface area contributed by atoms with E-state index in [2.05, 4.69) is 0 Å². The van der Waals surface area contributed by atoms with Crippen molar-refractivity contribution in [3.8, 4) is 17.2 Å². The Bertz CT molecular complexity index is 797. The second-order valence-electron chi connectivity index (χ2n) is 4.20. The van der Waals surface area contributed by atoms with Gasteiger partial charge in [0.15, 0.2) is 11.5 Å². The first-order chi connectivity index (χ1) is 10.3. The van der Waals surface area contributed by atoms with Gasteiger partial charge in [0.1, 0.15) is 10.6 Å². The van der Waals surface area contributed by atoms with Gasteiger partial charge in [0, 0.05) is 12.1 Å². The van der Waals surface area contributed by atoms with Crippen LogP contribution in [0, 0.1) is 0 Å². The van der Waals surface area contributed by atoms with E-state index in [1.807, 2.05) is 0 Å². The maximum Gasteiger partial charge on any atom is 0.343 e. The highest BCUT2D eigenvalue weighted by Gasteiger charge is 2.22. The molecular weight excluding hydrogens is 312 g/mol. The minimum absolute atomic E-state index is 0.214. The van der Waals surface area contributed by atoms with Crippen molar-refractivity contribution in [3.63, 3.8) is 0 Å². The SMILES string of the molecule is COc1cc(O)c(OC(=O)c2ccccc2)cc1S(=O)(=O)O. The van der Waals surface area contributed by atoms with E-state index in [9.17, 15) is 18.3 Å². The number of rotatable bonds is 4. The van der Waals surface area contributed by atoms with Crippen LogP contribution in [-0.4, -0.2) is 31.2 Å². The van der Waals surface area contributed by atoms with Crippen LogP contribution >= 0.6 is 0 Å². The Balaban J connectivity index is 2.42. The van der Waals surface area contributed by atoms with Gasteiger partial charge >= 0.3 is 5.97 Å². The molecule has 2 aromatic rings. The van der Waals surface area contributed by atoms with Crippen LogP contribution in [-0.2, 0) is 10.1 Å². The molecule has 0 amide bonds. The van der Waals surface area contributed by atoms with Crippen LogP contribution in [0.15, 0.2) is 47.4 Å². The molecular formula is C14H12O7S. The average Bonchev–Trinajstić information content (AvgIpc) is 2.48. The molecule has 0 saturated heterocycles. The third-order valence-corrected chi connectivity index (χ3v) is 3.61. The van der Waals surface area contributed by atoms with Gasteiger partial charge in [-0.3, -0.25) is 4.55 Å². The number of hydrogen-bond donors (Lipinski definition) is 2. The topological polar surface area (TPSA) is 110 Å². The first kappa shape index (κ1) is 15.8. The van der Waals surface area contributed by atoms with E-state index >= 15 is 0 Å². The lowest BCUT2D eigenvalue weighted by atomic mass is 10.2. The molecule has 22 heavy (non-hydrogen) atoms. The molecule has 0 fully saturated rings. The van der Waals surface area contributed by atoms with Crippen LogP contribution in [0.25, 0.3) is 0 Å². The number of phenols is 1. The maximum absolute atomic E-state index is 11.9. The van der Waals surface area contributed by atoms with E-state index in [-0.39, 0.29) is 11.3 Å². The second kappa shape index (κ2) is 6.04. The number of methoxy groups -OCH3 is 1. The third-order valence-electron chi connectivity index (χ3n) is 2.74. The molecule has 116 valence electrons. The van der Waals surface area contributed by atoms with Gasteiger partial charge in [-0.05, 0) is 12.1 Å². The number of phenolic OH excluding ortho intramolecular Hbond substituents is 1. The predicted octanol–water partition coefficient (Wildman–Crippen LogP) is 1.87. The zero-order chi connectivity index (χ0) is 16.3. The van der Waals surface area contributed by atoms with E-state index in [0.717, 1.165) is 12.1 Å². The van der Waals surface area contributed by atoms with Crippen LogP contribution in [0.5, 0.6) is 17.2 Å². The lowest BCUT2D eigenvalue weighted by molar-refractivity contribution is 0.0729. The predicted molar refractivity (Wildman–Crippen MR) is 75.9 cm³/mol. The van der Waals surface area contributed by atoms with Gasteiger partial charge in [-0.25, -0.2) is 4.79 Å². The minimum atomic E-state index is -4.61. The fourth-order valence-electron chi connectivity index (χ4n) is 1.71. The van der Waals surface area contributed by atoms with Crippen molar-refractivity contribution in [2.24, 2.45) is 0 Å². The summed E-state index contributed by atoms with van der Waals surface area (Å²) in [5.41, 5.74) is 0.214. The van der Waals surface area contributed by atoms with Gasteiger partial charge in [-0.1, -0.05) is 18.2 Å². The van der Waals surface area contributed by atoms with Crippen molar-refractivity contribution in [3.05, 3.63) is 48.0 Å². The highest BCUT2D eigenvalue weighted by Crippen LogP contribution is 2.36. The summed E-state index contributed by atoms with van der Waals surface area (Å²) in [5.74, 6) is -1.99. The Labute approximate surface area is 126 Å². The van der Waals surface area contributed by atoms with Gasteiger partial charge in [0.2, 0.25) is 0 Å². The summed E-state index contributed by atoms with van der Waals surface area (Å²) < 4.78 is 41.4. The van der Waals surface area contributed by atoms with Crippen molar-refractivity contribution in [2.75, 3.05) is 7.11 Å². The molecule has 0 spiro atoms. The third kappa shape index (κ3) is 3.35. The summed E-state index contributed by atoms with van der Waals surface area (Å²) in [4.78, 5) is 11.3. The Hall–Kier alpha value is -2.58. The molecule has 0 aliphatic carbocycles. The summed E-state index contributed by atoms with van der Waals surface area (Å²) in [6, 6.07) is 9.67. The number of benzene rings is 2. The van der Waals surface area contributed by atoms with Crippen molar-refractivity contribution < 1.29 is 32.3 Å². The van der Waals surface area contributed by atoms with Crippen molar-refractivity contribution in [2.45, 2.75) is 4.90 Å². The first-order valence-electron chi connectivity index (χ1n) is 5.98. The molecule has 2 rings (SSSR count). The quantitative estimate of drug-likeness (QED) is 0.502. The van der Waals surface area contributed by atoms with Gasteiger partial charge < -0.3 is 14.6 Å². The molecule has 7 nitrogen and oxygen atoms in total. The Morgan fingerprint density at radius 3 is 2.27 bits per heavy atom. The molecule has 2 aromatic carbocycles. The highest BCUT2D eigenvalue weighted by atomic mass is 32.2. The van der Waals surface area contributed by atoms with E-state index in [4.69, 9.17) is 14.0 Å². The Morgan fingerprint density at radius 1 is 1.09 bits per heavy atom. The van der Waals surface area contributed by atoms with Crippen LogP contribution in [0.3, 0.4) is 0 Å². The monoisotopic (exact) mass is 324 g/mol. The van der Waals surface area contributed by atoms with E-state index in [0.29, 0.717) is 0 Å². The molecule has 0 unspecified atom stereocenters. The summed E-state index contributed by atoms with van der Waals surface area (Å²) >= 11 is 0. The number of aromatic hydroxyl groups is 1. The molecule has 2 N–H and O–H groups in total. The minimum Gasteiger partial charge on any atom is -0.504 e. The van der Waals surface area contributed by atoms with Crippen LogP contribution in [0.2, 0.25) is 0 Å². The lowest BCUT2D eigenvalue weighted by Gasteiger charge is -2.11. The fourth-order valence-corrected chi connectivity index (χ4v) is 2.36. The first-order valence-corrected chi connectivity index (χ1v) is 7.42. The summed E-state index contributed by atoms with van der Waals surface area (Å²) in [7, 11) is -3.45. The smallest absolute Gasteiger partial charge is 0.343 e. The average molecular weight is 324 g/mol. The van der Waals surface area contributed by atoms with Gasteiger partial charge in [0.25, 0.3) is 10.1 Å². The van der Waals surface area contributed by atoms with Crippen molar-refractivity contribution >= 4 is 16.1 Å². The molecule has 0 saturated carbocycles. The van der Waals surface area contributed by atoms with Gasteiger partial charge in [-0.15, -0.1) is 0 Å². The van der Waals surface area contributed by atoms with Gasteiger partial charge in [-0.2, -0.15) is 8.42 Å². The number of carbonyl (C=O) groups excluding carboxylic acids is 1. The van der Waals surface area contributed by atoms with E-state index in [1.165, 1.54) is 19.2 Å². The normalized spacial score (nSPS) is 11.0.